The topological polar surface area (TPSA) is 74.3 Å². The van der Waals surface area contributed by atoms with Gasteiger partial charge in [-0.15, -0.1) is 0 Å². The first kappa shape index (κ1) is 17.9. The molecule has 0 aliphatic heterocycles. The van der Waals surface area contributed by atoms with Gasteiger partial charge in [-0.1, -0.05) is 6.07 Å². The van der Waals surface area contributed by atoms with Crippen molar-refractivity contribution in [1.82, 2.24) is 20.5 Å². The van der Waals surface area contributed by atoms with Crippen molar-refractivity contribution in [2.45, 2.75) is 52.2 Å². The predicted molar refractivity (Wildman–Crippen MR) is 86.3 cm³/mol. The molecule has 0 radical (unpaired) electrons. The molecular weight excluding hydrogens is 280 g/mol. The SMILES string of the molecule is CC(C)NC(=O)C[C@H](C)NC(=O)N(C)[C@H](C)c1cccnc1. The Hall–Kier alpha value is -2.11. The molecule has 6 nitrogen and oxygen atoms in total. The number of hydrogen-bond acceptors (Lipinski definition) is 3. The fourth-order valence-electron chi connectivity index (χ4n) is 2.05. The minimum atomic E-state index is -0.227. The maximum atomic E-state index is 12.2. The van der Waals surface area contributed by atoms with Crippen molar-refractivity contribution in [3.8, 4) is 0 Å². The Kier molecular flexibility index (Phi) is 6.82. The average Bonchev–Trinajstić information content (AvgIpc) is 2.45. The number of urea groups is 1. The first-order valence-corrected chi connectivity index (χ1v) is 7.53. The van der Waals surface area contributed by atoms with E-state index in [9.17, 15) is 9.59 Å². The summed E-state index contributed by atoms with van der Waals surface area (Å²) in [6.07, 6.45) is 3.71. The van der Waals surface area contributed by atoms with Gasteiger partial charge in [0.15, 0.2) is 0 Å². The zero-order valence-corrected chi connectivity index (χ0v) is 14.0. The van der Waals surface area contributed by atoms with E-state index in [1.165, 1.54) is 0 Å². The molecule has 1 aromatic heterocycles. The van der Waals surface area contributed by atoms with Crippen molar-refractivity contribution >= 4 is 11.9 Å². The summed E-state index contributed by atoms with van der Waals surface area (Å²) in [7, 11) is 1.73. The Morgan fingerprint density at radius 3 is 2.45 bits per heavy atom. The lowest BCUT2D eigenvalue weighted by atomic mass is 10.1. The van der Waals surface area contributed by atoms with Crippen molar-refractivity contribution < 1.29 is 9.59 Å². The molecule has 0 aliphatic carbocycles. The lowest BCUT2D eigenvalue weighted by Gasteiger charge is -2.27. The van der Waals surface area contributed by atoms with E-state index in [1.54, 1.807) is 24.3 Å². The fraction of sp³-hybridized carbons (Fsp3) is 0.562. The molecular formula is C16H26N4O2. The van der Waals surface area contributed by atoms with Crippen LogP contribution in [0.5, 0.6) is 0 Å². The molecule has 2 atom stereocenters. The maximum absolute atomic E-state index is 12.2. The second-order valence-corrected chi connectivity index (χ2v) is 5.85. The van der Waals surface area contributed by atoms with E-state index in [0.29, 0.717) is 0 Å². The van der Waals surface area contributed by atoms with Gasteiger partial charge in [0.05, 0.1) is 6.04 Å². The number of nitrogens with zero attached hydrogens (tertiary/aromatic N) is 2. The third-order valence-corrected chi connectivity index (χ3v) is 3.38. The highest BCUT2D eigenvalue weighted by Gasteiger charge is 2.20. The Balaban J connectivity index is 2.51. The lowest BCUT2D eigenvalue weighted by molar-refractivity contribution is -0.121. The predicted octanol–water partition coefficient (Wildman–Crippen LogP) is 2.09. The number of carbonyl (C=O) groups is 2. The van der Waals surface area contributed by atoms with Gasteiger partial charge in [-0.05, 0) is 39.3 Å². The normalized spacial score (nSPS) is 13.4. The van der Waals surface area contributed by atoms with Crippen molar-refractivity contribution in [2.75, 3.05) is 7.05 Å². The molecule has 122 valence electrons. The third-order valence-electron chi connectivity index (χ3n) is 3.38. The Morgan fingerprint density at radius 1 is 1.23 bits per heavy atom. The van der Waals surface area contributed by atoms with Crippen LogP contribution in [0, 0.1) is 0 Å². The van der Waals surface area contributed by atoms with Crippen molar-refractivity contribution in [2.24, 2.45) is 0 Å². The quantitative estimate of drug-likeness (QED) is 0.845. The van der Waals surface area contributed by atoms with Gasteiger partial charge in [-0.25, -0.2) is 4.79 Å². The van der Waals surface area contributed by atoms with Crippen molar-refractivity contribution in [3.05, 3.63) is 30.1 Å². The van der Waals surface area contributed by atoms with Crippen LogP contribution in [0.4, 0.5) is 4.79 Å². The number of hydrogen-bond donors (Lipinski definition) is 2. The number of aromatic nitrogens is 1. The standard InChI is InChI=1S/C16H26N4O2/c1-11(2)18-15(21)9-12(3)19-16(22)20(5)13(4)14-7-6-8-17-10-14/h6-8,10-13H,9H2,1-5H3,(H,18,21)(H,19,22)/t12-,13+/m0/s1. The van der Waals surface area contributed by atoms with E-state index in [1.807, 2.05) is 39.8 Å². The molecule has 0 fully saturated rings. The molecule has 0 aromatic carbocycles. The second kappa shape index (κ2) is 8.36. The average molecular weight is 306 g/mol. The van der Waals surface area contributed by atoms with Crippen LogP contribution in [0.15, 0.2) is 24.5 Å². The summed E-state index contributed by atoms with van der Waals surface area (Å²) in [6.45, 7) is 7.57. The van der Waals surface area contributed by atoms with E-state index in [2.05, 4.69) is 15.6 Å². The van der Waals surface area contributed by atoms with Crippen LogP contribution in [-0.4, -0.2) is 41.0 Å². The van der Waals surface area contributed by atoms with Crippen LogP contribution < -0.4 is 10.6 Å². The van der Waals surface area contributed by atoms with Crippen LogP contribution in [0.1, 0.15) is 45.7 Å². The van der Waals surface area contributed by atoms with Crippen LogP contribution in [0.2, 0.25) is 0 Å². The first-order valence-electron chi connectivity index (χ1n) is 7.53. The minimum absolute atomic E-state index is 0.0641. The Morgan fingerprint density at radius 2 is 1.91 bits per heavy atom. The van der Waals surface area contributed by atoms with Gasteiger partial charge in [0.1, 0.15) is 0 Å². The van der Waals surface area contributed by atoms with Gasteiger partial charge < -0.3 is 15.5 Å². The largest absolute Gasteiger partial charge is 0.354 e. The van der Waals surface area contributed by atoms with E-state index >= 15 is 0 Å². The number of nitrogens with one attached hydrogen (secondary N) is 2. The monoisotopic (exact) mass is 306 g/mol. The van der Waals surface area contributed by atoms with E-state index < -0.39 is 0 Å². The number of pyridine rings is 1. The molecule has 1 heterocycles. The van der Waals surface area contributed by atoms with Crippen LogP contribution in [-0.2, 0) is 4.79 Å². The summed E-state index contributed by atoms with van der Waals surface area (Å²) in [4.78, 5) is 29.6. The molecule has 0 bridgehead atoms. The molecule has 2 N–H and O–H groups in total. The van der Waals surface area contributed by atoms with E-state index in [-0.39, 0.29) is 36.5 Å². The number of amides is 3. The zero-order chi connectivity index (χ0) is 16.7. The van der Waals surface area contributed by atoms with E-state index in [0.717, 1.165) is 5.56 Å². The number of rotatable bonds is 6. The van der Waals surface area contributed by atoms with Crippen LogP contribution >= 0.6 is 0 Å². The molecule has 0 saturated carbocycles. The summed E-state index contributed by atoms with van der Waals surface area (Å²) in [5, 5.41) is 5.65. The smallest absolute Gasteiger partial charge is 0.317 e. The summed E-state index contributed by atoms with van der Waals surface area (Å²) < 4.78 is 0. The molecule has 3 amide bonds. The van der Waals surface area contributed by atoms with Gasteiger partial charge in [-0.2, -0.15) is 0 Å². The van der Waals surface area contributed by atoms with Gasteiger partial charge in [0.25, 0.3) is 0 Å². The summed E-state index contributed by atoms with van der Waals surface area (Å²) in [5.74, 6) is -0.0641. The maximum Gasteiger partial charge on any atom is 0.317 e. The summed E-state index contributed by atoms with van der Waals surface area (Å²) in [6, 6.07) is 3.35. The van der Waals surface area contributed by atoms with Gasteiger partial charge in [-0.3, -0.25) is 9.78 Å². The molecule has 0 aliphatic rings. The van der Waals surface area contributed by atoms with Gasteiger partial charge in [0, 0.05) is 37.9 Å². The van der Waals surface area contributed by atoms with Crippen LogP contribution in [0.3, 0.4) is 0 Å². The highest BCUT2D eigenvalue weighted by molar-refractivity contribution is 5.79. The van der Waals surface area contributed by atoms with E-state index in [4.69, 9.17) is 0 Å². The summed E-state index contributed by atoms with van der Waals surface area (Å²) in [5.41, 5.74) is 0.963. The molecule has 6 heteroatoms. The number of carbonyl (C=O) groups excluding carboxylic acids is 2. The summed E-state index contributed by atoms with van der Waals surface area (Å²) >= 11 is 0. The zero-order valence-electron chi connectivity index (χ0n) is 14.0. The first-order chi connectivity index (χ1) is 10.3. The fourth-order valence-corrected chi connectivity index (χ4v) is 2.05. The molecule has 0 saturated heterocycles. The Labute approximate surface area is 132 Å². The van der Waals surface area contributed by atoms with Crippen molar-refractivity contribution in [1.29, 1.82) is 0 Å². The molecule has 22 heavy (non-hydrogen) atoms. The second-order valence-electron chi connectivity index (χ2n) is 5.85. The minimum Gasteiger partial charge on any atom is -0.354 e. The molecule has 0 unspecified atom stereocenters. The highest BCUT2D eigenvalue weighted by atomic mass is 16.2. The van der Waals surface area contributed by atoms with Gasteiger partial charge >= 0.3 is 6.03 Å². The van der Waals surface area contributed by atoms with Gasteiger partial charge in [0.2, 0.25) is 5.91 Å². The van der Waals surface area contributed by atoms with Crippen LogP contribution in [0.25, 0.3) is 0 Å². The molecule has 1 rings (SSSR count). The third kappa shape index (κ3) is 5.71. The molecule has 1 aromatic rings. The lowest BCUT2D eigenvalue weighted by Crippen LogP contribution is -2.45. The van der Waals surface area contributed by atoms with Crippen molar-refractivity contribution in [3.63, 3.8) is 0 Å². The Bertz CT molecular complexity index is 490. The highest BCUT2D eigenvalue weighted by Crippen LogP contribution is 2.17. The molecule has 0 spiro atoms.